The van der Waals surface area contributed by atoms with E-state index in [9.17, 15) is 9.59 Å². The number of ether oxygens (including phenoxy) is 2. The van der Waals surface area contributed by atoms with E-state index in [0.717, 1.165) is 44.9 Å². The van der Waals surface area contributed by atoms with Crippen molar-refractivity contribution in [3.63, 3.8) is 0 Å². The Kier molecular flexibility index (Phi) is 6.39. The number of ketones is 1. The Morgan fingerprint density at radius 1 is 1.15 bits per heavy atom. The van der Waals surface area contributed by atoms with E-state index in [1.54, 1.807) is 6.07 Å². The lowest BCUT2D eigenvalue weighted by Gasteiger charge is -2.54. The molecule has 1 heterocycles. The van der Waals surface area contributed by atoms with Crippen LogP contribution in [0.5, 0.6) is 0 Å². The van der Waals surface area contributed by atoms with Crippen LogP contribution in [0.25, 0.3) is 0 Å². The highest BCUT2D eigenvalue weighted by atomic mass is 35.6. The molecule has 0 amide bonds. The molecule has 4 aliphatic carbocycles. The zero-order valence-corrected chi connectivity index (χ0v) is 20.9. The second-order valence-electron chi connectivity index (χ2n) is 10.3. The first-order valence-electron chi connectivity index (χ1n) is 11.9. The highest BCUT2D eigenvalue weighted by molar-refractivity contribution is 6.68. The van der Waals surface area contributed by atoms with E-state index in [2.05, 4.69) is 6.92 Å². The fourth-order valence-electron chi connectivity index (χ4n) is 7.23. The lowest BCUT2D eigenvalue weighted by Crippen LogP contribution is -2.49. The third-order valence-electron chi connectivity index (χ3n) is 8.70. The largest absolute Gasteiger partial charge is 0.457 e. The van der Waals surface area contributed by atoms with Gasteiger partial charge in [-0.1, -0.05) is 47.3 Å². The molecule has 0 spiro atoms. The normalized spacial score (nSPS) is 36.9. The molecule has 1 aromatic rings. The predicted octanol–water partition coefficient (Wildman–Crippen LogP) is 6.66. The monoisotopic (exact) mass is 514 g/mol. The molecule has 180 valence electrons. The smallest absolute Gasteiger partial charge is 0.376 e. The number of carbonyl (C=O) groups excluding carboxylic acids is 2. The van der Waals surface area contributed by atoms with Crippen LogP contribution < -0.4 is 0 Å². The molecular weight excluding hydrogens is 487 g/mol. The standard InChI is InChI=1S/C25H29Cl3O5/c1-24-11-10-17-16-7-5-15(29)13-14(16)4-6-18(17)19(24)8-9-21(24)32-23(25(26,27)28)33-22(30)20-3-2-12-31-20/h2-3,12-13,16-19,21,23H,4-11H2,1H3/t16-,17+,18+,19-,21-,23?,24-/m0/s1. The Hall–Kier alpha value is -1.01. The molecule has 1 unspecified atom stereocenters. The Bertz CT molecular complexity index is 936. The summed E-state index contributed by atoms with van der Waals surface area (Å²) in [7, 11) is 0. The van der Waals surface area contributed by atoms with Crippen molar-refractivity contribution in [3.8, 4) is 0 Å². The summed E-state index contributed by atoms with van der Waals surface area (Å²) in [6, 6.07) is 3.09. The van der Waals surface area contributed by atoms with Crippen molar-refractivity contribution in [2.24, 2.45) is 29.1 Å². The van der Waals surface area contributed by atoms with Gasteiger partial charge in [0.15, 0.2) is 5.78 Å². The molecule has 1 aromatic heterocycles. The molecule has 3 fully saturated rings. The summed E-state index contributed by atoms with van der Waals surface area (Å²) in [5, 5.41) is 0. The van der Waals surface area contributed by atoms with E-state index in [1.165, 1.54) is 17.9 Å². The minimum absolute atomic E-state index is 0.0332. The summed E-state index contributed by atoms with van der Waals surface area (Å²) in [6.07, 6.45) is 9.64. The highest BCUT2D eigenvalue weighted by Crippen LogP contribution is 2.62. The van der Waals surface area contributed by atoms with Crippen LogP contribution >= 0.6 is 34.8 Å². The SMILES string of the molecule is C[C@]12CC[C@H]3[C@@H](CCC4=CC(=O)CC[C@@H]43)[C@@H]1CC[C@@H]2OC(OC(=O)c1ccco1)C(Cl)(Cl)Cl. The minimum Gasteiger partial charge on any atom is -0.457 e. The van der Waals surface area contributed by atoms with Gasteiger partial charge in [-0.2, -0.15) is 0 Å². The van der Waals surface area contributed by atoms with Crippen LogP contribution in [0.3, 0.4) is 0 Å². The van der Waals surface area contributed by atoms with Crippen LogP contribution in [0.2, 0.25) is 0 Å². The Balaban J connectivity index is 1.32. The number of hydrogen-bond donors (Lipinski definition) is 0. The van der Waals surface area contributed by atoms with Gasteiger partial charge in [0.2, 0.25) is 5.76 Å². The maximum Gasteiger partial charge on any atom is 0.376 e. The summed E-state index contributed by atoms with van der Waals surface area (Å²) >= 11 is 18.5. The third-order valence-corrected chi connectivity index (χ3v) is 9.24. The number of furan rings is 1. The minimum atomic E-state index is -1.92. The number of fused-ring (bicyclic) bond motifs is 5. The second kappa shape index (κ2) is 8.89. The Morgan fingerprint density at radius 2 is 1.97 bits per heavy atom. The van der Waals surface area contributed by atoms with Crippen molar-refractivity contribution < 1.29 is 23.5 Å². The fourth-order valence-corrected chi connectivity index (χ4v) is 7.52. The van der Waals surface area contributed by atoms with Crippen LogP contribution in [-0.2, 0) is 14.3 Å². The zero-order valence-electron chi connectivity index (χ0n) is 18.6. The molecule has 8 heteroatoms. The van der Waals surface area contributed by atoms with Crippen molar-refractivity contribution in [1.82, 2.24) is 0 Å². The lowest BCUT2D eigenvalue weighted by atomic mass is 9.52. The summed E-state index contributed by atoms with van der Waals surface area (Å²) < 4.78 is 14.9. The second-order valence-corrected chi connectivity index (χ2v) is 12.7. The average molecular weight is 516 g/mol. The summed E-state index contributed by atoms with van der Waals surface area (Å²) in [6.45, 7) is 2.28. The number of allylic oxidation sites excluding steroid dienone is 1. The van der Waals surface area contributed by atoms with Gasteiger partial charge < -0.3 is 13.9 Å². The summed E-state index contributed by atoms with van der Waals surface area (Å²) in [4.78, 5) is 24.4. The van der Waals surface area contributed by atoms with Crippen molar-refractivity contribution in [2.75, 3.05) is 0 Å². The van der Waals surface area contributed by atoms with Gasteiger partial charge in [-0.25, -0.2) is 4.79 Å². The van der Waals surface area contributed by atoms with Crippen molar-refractivity contribution in [1.29, 1.82) is 0 Å². The first-order chi connectivity index (χ1) is 15.7. The first-order valence-corrected chi connectivity index (χ1v) is 13.0. The number of esters is 1. The van der Waals surface area contributed by atoms with Gasteiger partial charge in [0, 0.05) is 6.42 Å². The molecular formula is C25H29Cl3O5. The number of rotatable bonds is 4. The van der Waals surface area contributed by atoms with Gasteiger partial charge >= 0.3 is 5.97 Å². The van der Waals surface area contributed by atoms with E-state index in [4.69, 9.17) is 48.7 Å². The van der Waals surface area contributed by atoms with E-state index < -0.39 is 16.1 Å². The molecule has 7 atom stereocenters. The van der Waals surface area contributed by atoms with Crippen LogP contribution in [0, 0.1) is 29.1 Å². The summed E-state index contributed by atoms with van der Waals surface area (Å²) in [5.41, 5.74) is 1.31. The van der Waals surface area contributed by atoms with Gasteiger partial charge in [0.25, 0.3) is 10.1 Å². The molecule has 0 radical (unpaired) electrons. The van der Waals surface area contributed by atoms with Gasteiger partial charge in [0.1, 0.15) is 0 Å². The maximum atomic E-state index is 12.4. The van der Waals surface area contributed by atoms with Gasteiger partial charge in [-0.15, -0.1) is 0 Å². The molecule has 0 aromatic carbocycles. The number of hydrogen-bond acceptors (Lipinski definition) is 5. The van der Waals surface area contributed by atoms with E-state index in [1.807, 2.05) is 6.08 Å². The summed E-state index contributed by atoms with van der Waals surface area (Å²) in [5.74, 6) is 1.91. The van der Waals surface area contributed by atoms with E-state index in [-0.39, 0.29) is 23.1 Å². The van der Waals surface area contributed by atoms with Crippen molar-refractivity contribution in [2.45, 2.75) is 74.5 Å². The van der Waals surface area contributed by atoms with Crippen LogP contribution in [0.15, 0.2) is 34.5 Å². The third kappa shape index (κ3) is 4.39. The number of halogens is 3. The van der Waals surface area contributed by atoms with Gasteiger partial charge in [0.05, 0.1) is 12.4 Å². The molecule has 5 rings (SSSR count). The number of alkyl halides is 3. The predicted molar refractivity (Wildman–Crippen MR) is 125 cm³/mol. The van der Waals surface area contributed by atoms with Gasteiger partial charge in [-0.05, 0) is 92.2 Å². The topological polar surface area (TPSA) is 65.7 Å². The quantitative estimate of drug-likeness (QED) is 0.255. The molecule has 0 N–H and O–H groups in total. The molecule has 4 aliphatic rings. The molecule has 33 heavy (non-hydrogen) atoms. The lowest BCUT2D eigenvalue weighted by molar-refractivity contribution is -0.178. The van der Waals surface area contributed by atoms with E-state index >= 15 is 0 Å². The van der Waals surface area contributed by atoms with Crippen LogP contribution in [0.1, 0.15) is 68.8 Å². The first kappa shape index (κ1) is 23.7. The van der Waals surface area contributed by atoms with Crippen LogP contribution in [-0.4, -0.2) is 27.9 Å². The number of carbonyl (C=O) groups is 2. The molecule has 0 aliphatic heterocycles. The Labute approximate surface area is 209 Å². The maximum absolute atomic E-state index is 12.4. The van der Waals surface area contributed by atoms with Crippen molar-refractivity contribution in [3.05, 3.63) is 35.8 Å². The van der Waals surface area contributed by atoms with Crippen molar-refractivity contribution >= 4 is 46.6 Å². The highest BCUT2D eigenvalue weighted by Gasteiger charge is 2.58. The average Bonchev–Trinajstić information content (AvgIpc) is 3.40. The molecule has 5 nitrogen and oxygen atoms in total. The fraction of sp³-hybridized carbons (Fsp3) is 0.680. The van der Waals surface area contributed by atoms with E-state index in [0.29, 0.717) is 30.1 Å². The molecule has 3 saturated carbocycles. The van der Waals surface area contributed by atoms with Gasteiger partial charge in [-0.3, -0.25) is 4.79 Å². The van der Waals surface area contributed by atoms with Crippen LogP contribution in [0.4, 0.5) is 0 Å². The zero-order chi connectivity index (χ0) is 23.4. The molecule has 0 saturated heterocycles. The molecule has 0 bridgehead atoms. The Morgan fingerprint density at radius 3 is 2.70 bits per heavy atom.